The molecule has 1 aliphatic carbocycles. The number of ether oxygens (including phenoxy) is 2. The van der Waals surface area contributed by atoms with E-state index in [4.69, 9.17) is 9.47 Å². The Morgan fingerprint density at radius 1 is 1.10 bits per heavy atom. The maximum absolute atomic E-state index is 12.5. The van der Waals surface area contributed by atoms with E-state index in [1.54, 1.807) is 31.4 Å². The Bertz CT molecular complexity index is 732. The van der Waals surface area contributed by atoms with Gasteiger partial charge in [0.1, 0.15) is 11.8 Å². The van der Waals surface area contributed by atoms with E-state index < -0.39 is 12.0 Å². The monoisotopic (exact) mass is 418 g/mol. The Hall–Kier alpha value is -2.57. The maximum Gasteiger partial charge on any atom is 0.329 e. The fourth-order valence-corrected chi connectivity index (χ4v) is 3.73. The standard InChI is InChI=1S/C23H34N2O5/c1-14(2)21(25-22(27)17-9-11-18(29-5)12-10-17)23(28)30-13-20(26)24-19-8-6-7-15(3)16(19)4/h9-12,14-16,19,21H,6-8,13H2,1-5H3,(H,24,26)(H,25,27)/t15-,16+,19+,21-/m0/s1. The van der Waals surface area contributed by atoms with Crippen molar-refractivity contribution in [2.45, 2.75) is 59.0 Å². The van der Waals surface area contributed by atoms with Gasteiger partial charge in [-0.1, -0.05) is 40.5 Å². The molecule has 0 bridgehead atoms. The molecule has 0 unspecified atom stereocenters. The highest BCUT2D eigenvalue weighted by atomic mass is 16.5. The number of hydrogen-bond acceptors (Lipinski definition) is 5. The van der Waals surface area contributed by atoms with Crippen LogP contribution in [0.2, 0.25) is 0 Å². The first-order valence-electron chi connectivity index (χ1n) is 10.6. The summed E-state index contributed by atoms with van der Waals surface area (Å²) in [6.45, 7) is 7.61. The van der Waals surface area contributed by atoms with Gasteiger partial charge in [0.05, 0.1) is 7.11 Å². The van der Waals surface area contributed by atoms with Crippen molar-refractivity contribution >= 4 is 17.8 Å². The summed E-state index contributed by atoms with van der Waals surface area (Å²) in [6, 6.07) is 5.86. The van der Waals surface area contributed by atoms with Crippen molar-refractivity contribution in [3.63, 3.8) is 0 Å². The number of benzene rings is 1. The average molecular weight is 419 g/mol. The molecule has 30 heavy (non-hydrogen) atoms. The van der Waals surface area contributed by atoms with E-state index in [0.29, 0.717) is 23.1 Å². The van der Waals surface area contributed by atoms with Crippen LogP contribution in [0.1, 0.15) is 57.3 Å². The number of carbonyl (C=O) groups excluding carboxylic acids is 3. The Morgan fingerprint density at radius 2 is 1.77 bits per heavy atom. The number of esters is 1. The lowest BCUT2D eigenvalue weighted by atomic mass is 9.78. The minimum Gasteiger partial charge on any atom is -0.497 e. The lowest BCUT2D eigenvalue weighted by Crippen LogP contribution is -2.48. The Balaban J connectivity index is 1.88. The molecule has 1 aromatic rings. The topological polar surface area (TPSA) is 93.7 Å². The van der Waals surface area contributed by atoms with E-state index in [2.05, 4.69) is 24.5 Å². The van der Waals surface area contributed by atoms with Gasteiger partial charge >= 0.3 is 5.97 Å². The van der Waals surface area contributed by atoms with Crippen LogP contribution in [-0.2, 0) is 14.3 Å². The van der Waals surface area contributed by atoms with Crippen LogP contribution in [0.5, 0.6) is 5.75 Å². The fourth-order valence-electron chi connectivity index (χ4n) is 3.73. The van der Waals surface area contributed by atoms with Gasteiger partial charge in [-0.3, -0.25) is 9.59 Å². The zero-order chi connectivity index (χ0) is 22.3. The molecule has 2 amide bonds. The van der Waals surface area contributed by atoms with Crippen LogP contribution in [0, 0.1) is 17.8 Å². The summed E-state index contributed by atoms with van der Waals surface area (Å²) in [5.41, 5.74) is 0.410. The Labute approximate surface area is 178 Å². The summed E-state index contributed by atoms with van der Waals surface area (Å²) in [5.74, 6) is 0.0878. The van der Waals surface area contributed by atoms with E-state index >= 15 is 0 Å². The molecule has 7 heteroatoms. The van der Waals surface area contributed by atoms with E-state index in [1.807, 2.05) is 13.8 Å². The van der Waals surface area contributed by atoms with Gasteiger partial charge in [0.15, 0.2) is 6.61 Å². The van der Waals surface area contributed by atoms with Crippen LogP contribution in [0.3, 0.4) is 0 Å². The third-order valence-corrected chi connectivity index (χ3v) is 5.96. The molecule has 1 fully saturated rings. The predicted molar refractivity (Wildman–Crippen MR) is 114 cm³/mol. The molecule has 166 valence electrons. The summed E-state index contributed by atoms with van der Waals surface area (Å²) in [4.78, 5) is 37.3. The highest BCUT2D eigenvalue weighted by Gasteiger charge is 2.30. The molecular formula is C23H34N2O5. The molecule has 0 saturated heterocycles. The molecule has 0 heterocycles. The van der Waals surface area contributed by atoms with Crippen molar-refractivity contribution < 1.29 is 23.9 Å². The van der Waals surface area contributed by atoms with Crippen LogP contribution < -0.4 is 15.4 Å². The first-order chi connectivity index (χ1) is 14.2. The van der Waals surface area contributed by atoms with Gasteiger partial charge in [-0.25, -0.2) is 4.79 Å². The number of nitrogens with one attached hydrogen (secondary N) is 2. The van der Waals surface area contributed by atoms with Gasteiger partial charge in [-0.05, 0) is 48.4 Å². The third-order valence-electron chi connectivity index (χ3n) is 5.96. The molecule has 1 saturated carbocycles. The van der Waals surface area contributed by atoms with Crippen LogP contribution in [-0.4, -0.2) is 43.6 Å². The minimum atomic E-state index is -0.846. The third kappa shape index (κ3) is 6.47. The van der Waals surface area contributed by atoms with Gasteiger partial charge in [0.25, 0.3) is 11.8 Å². The summed E-state index contributed by atoms with van der Waals surface area (Å²) in [5, 5.41) is 5.69. The fraction of sp³-hybridized carbons (Fsp3) is 0.609. The van der Waals surface area contributed by atoms with Crippen molar-refractivity contribution in [3.8, 4) is 5.75 Å². The molecule has 0 spiro atoms. The largest absolute Gasteiger partial charge is 0.497 e. The van der Waals surface area contributed by atoms with Crippen molar-refractivity contribution in [1.29, 1.82) is 0 Å². The molecule has 0 aliphatic heterocycles. The predicted octanol–water partition coefficient (Wildman–Crippen LogP) is 2.93. The lowest BCUT2D eigenvalue weighted by molar-refractivity contribution is -0.151. The molecule has 2 N–H and O–H groups in total. The highest BCUT2D eigenvalue weighted by Crippen LogP contribution is 2.29. The number of methoxy groups -OCH3 is 1. The van der Waals surface area contributed by atoms with Crippen molar-refractivity contribution in [2.24, 2.45) is 17.8 Å². The van der Waals surface area contributed by atoms with Gasteiger partial charge in [0, 0.05) is 11.6 Å². The zero-order valence-electron chi connectivity index (χ0n) is 18.6. The van der Waals surface area contributed by atoms with E-state index in [1.165, 1.54) is 6.42 Å². The minimum absolute atomic E-state index is 0.107. The molecule has 4 atom stereocenters. The van der Waals surface area contributed by atoms with Crippen molar-refractivity contribution in [2.75, 3.05) is 13.7 Å². The summed E-state index contributed by atoms with van der Waals surface area (Å²) >= 11 is 0. The SMILES string of the molecule is COc1ccc(C(=O)N[C@H](C(=O)OCC(=O)N[C@@H]2CCC[C@H](C)[C@H]2C)C(C)C)cc1. The molecule has 0 radical (unpaired) electrons. The normalized spacial score (nSPS) is 22.1. The second-order valence-corrected chi connectivity index (χ2v) is 8.47. The van der Waals surface area contributed by atoms with Crippen LogP contribution in [0.15, 0.2) is 24.3 Å². The summed E-state index contributed by atoms with van der Waals surface area (Å²) in [6.07, 6.45) is 3.20. The second kappa shape index (κ2) is 11.0. The Morgan fingerprint density at radius 3 is 2.37 bits per heavy atom. The molecule has 7 nitrogen and oxygen atoms in total. The Kier molecular flexibility index (Phi) is 8.69. The molecule has 1 aliphatic rings. The van der Waals surface area contributed by atoms with Crippen LogP contribution in [0.25, 0.3) is 0 Å². The second-order valence-electron chi connectivity index (χ2n) is 8.47. The zero-order valence-corrected chi connectivity index (χ0v) is 18.6. The van der Waals surface area contributed by atoms with Crippen molar-refractivity contribution in [3.05, 3.63) is 29.8 Å². The van der Waals surface area contributed by atoms with E-state index in [0.717, 1.165) is 12.8 Å². The van der Waals surface area contributed by atoms with Gasteiger partial charge < -0.3 is 20.1 Å². The number of carbonyl (C=O) groups is 3. The maximum atomic E-state index is 12.5. The molecule has 0 aromatic heterocycles. The van der Waals surface area contributed by atoms with Gasteiger partial charge in [0.2, 0.25) is 0 Å². The van der Waals surface area contributed by atoms with Crippen molar-refractivity contribution in [1.82, 2.24) is 10.6 Å². The lowest BCUT2D eigenvalue weighted by Gasteiger charge is -2.34. The summed E-state index contributed by atoms with van der Waals surface area (Å²) < 4.78 is 10.3. The smallest absolute Gasteiger partial charge is 0.329 e. The average Bonchev–Trinajstić information content (AvgIpc) is 2.73. The number of amides is 2. The molecular weight excluding hydrogens is 384 g/mol. The highest BCUT2D eigenvalue weighted by molar-refractivity contribution is 5.97. The van der Waals surface area contributed by atoms with Crippen LogP contribution in [0.4, 0.5) is 0 Å². The first kappa shape index (κ1) is 23.7. The first-order valence-corrected chi connectivity index (χ1v) is 10.6. The van der Waals surface area contributed by atoms with Gasteiger partial charge in [-0.15, -0.1) is 0 Å². The van der Waals surface area contributed by atoms with Gasteiger partial charge in [-0.2, -0.15) is 0 Å². The van der Waals surface area contributed by atoms with E-state index in [-0.39, 0.29) is 30.4 Å². The molecule has 1 aromatic carbocycles. The van der Waals surface area contributed by atoms with Crippen LogP contribution >= 0.6 is 0 Å². The summed E-state index contributed by atoms with van der Waals surface area (Å²) in [7, 11) is 1.55. The quantitative estimate of drug-likeness (QED) is 0.633. The molecule has 2 rings (SSSR count). The number of hydrogen-bond donors (Lipinski definition) is 2. The number of rotatable bonds is 8. The van der Waals surface area contributed by atoms with E-state index in [9.17, 15) is 14.4 Å².